The van der Waals surface area contributed by atoms with Crippen molar-refractivity contribution in [2.45, 2.75) is 25.4 Å². The van der Waals surface area contributed by atoms with Crippen molar-refractivity contribution >= 4 is 11.0 Å². The molecule has 0 bridgehead atoms. The van der Waals surface area contributed by atoms with Crippen LogP contribution in [0.25, 0.3) is 11.0 Å². The van der Waals surface area contributed by atoms with Crippen LogP contribution in [0.5, 0.6) is 0 Å². The fourth-order valence-corrected chi connectivity index (χ4v) is 1.88. The number of aryl methyl sites for hydroxylation is 1. The molecule has 1 saturated carbocycles. The van der Waals surface area contributed by atoms with Crippen LogP contribution >= 0.6 is 0 Å². The minimum atomic E-state index is 0.741. The SMILES string of the molecule is Cn1c(CNC2CC2)nc2ccccc21. The molecular formula is C12H15N3. The molecule has 0 unspecified atom stereocenters. The van der Waals surface area contributed by atoms with Gasteiger partial charge in [0.05, 0.1) is 17.6 Å². The zero-order valence-corrected chi connectivity index (χ0v) is 8.90. The fraction of sp³-hybridized carbons (Fsp3) is 0.417. The quantitative estimate of drug-likeness (QED) is 0.821. The van der Waals surface area contributed by atoms with Crippen molar-refractivity contribution in [2.75, 3.05) is 0 Å². The number of hydrogen-bond donors (Lipinski definition) is 1. The zero-order chi connectivity index (χ0) is 10.3. The van der Waals surface area contributed by atoms with Gasteiger partial charge in [0.2, 0.25) is 0 Å². The largest absolute Gasteiger partial charge is 0.330 e. The number of nitrogens with one attached hydrogen (secondary N) is 1. The van der Waals surface area contributed by atoms with Gasteiger partial charge in [0.15, 0.2) is 0 Å². The van der Waals surface area contributed by atoms with Crippen molar-refractivity contribution in [1.82, 2.24) is 14.9 Å². The molecule has 1 N–H and O–H groups in total. The Morgan fingerprint density at radius 1 is 1.40 bits per heavy atom. The Balaban J connectivity index is 1.92. The van der Waals surface area contributed by atoms with Crippen LogP contribution in [0, 0.1) is 0 Å². The number of fused-ring (bicyclic) bond motifs is 1. The van der Waals surface area contributed by atoms with Gasteiger partial charge < -0.3 is 9.88 Å². The number of benzene rings is 1. The Hall–Kier alpha value is -1.35. The van der Waals surface area contributed by atoms with Gasteiger partial charge in [-0.3, -0.25) is 0 Å². The number of imidazole rings is 1. The highest BCUT2D eigenvalue weighted by molar-refractivity contribution is 5.75. The molecule has 0 aliphatic heterocycles. The topological polar surface area (TPSA) is 29.9 Å². The summed E-state index contributed by atoms with van der Waals surface area (Å²) in [6.45, 7) is 0.885. The number of hydrogen-bond acceptors (Lipinski definition) is 2. The van der Waals surface area contributed by atoms with Gasteiger partial charge in [0.1, 0.15) is 5.82 Å². The summed E-state index contributed by atoms with van der Waals surface area (Å²) in [4.78, 5) is 4.61. The lowest BCUT2D eigenvalue weighted by Gasteiger charge is -2.02. The Morgan fingerprint density at radius 2 is 2.20 bits per heavy atom. The summed E-state index contributed by atoms with van der Waals surface area (Å²) >= 11 is 0. The molecule has 1 aliphatic rings. The first-order valence-corrected chi connectivity index (χ1v) is 5.48. The molecule has 0 radical (unpaired) electrons. The molecule has 1 aromatic heterocycles. The average Bonchev–Trinajstić information content (AvgIpc) is 3.03. The van der Waals surface area contributed by atoms with Crippen molar-refractivity contribution in [1.29, 1.82) is 0 Å². The van der Waals surface area contributed by atoms with Crippen LogP contribution in [0.1, 0.15) is 18.7 Å². The molecule has 0 amide bonds. The summed E-state index contributed by atoms with van der Waals surface area (Å²) in [5, 5.41) is 3.49. The Bertz CT molecular complexity index is 483. The maximum Gasteiger partial charge on any atom is 0.123 e. The summed E-state index contributed by atoms with van der Waals surface area (Å²) in [5.74, 6) is 1.13. The lowest BCUT2D eigenvalue weighted by Crippen LogP contribution is -2.18. The van der Waals surface area contributed by atoms with Gasteiger partial charge >= 0.3 is 0 Å². The summed E-state index contributed by atoms with van der Waals surface area (Å²) in [5.41, 5.74) is 2.30. The third-order valence-corrected chi connectivity index (χ3v) is 3.01. The van der Waals surface area contributed by atoms with Crippen LogP contribution in [0.3, 0.4) is 0 Å². The molecule has 0 spiro atoms. The monoisotopic (exact) mass is 201 g/mol. The normalized spacial score (nSPS) is 16.1. The van der Waals surface area contributed by atoms with Crippen LogP contribution in [-0.4, -0.2) is 15.6 Å². The summed E-state index contributed by atoms with van der Waals surface area (Å²) in [7, 11) is 2.08. The van der Waals surface area contributed by atoms with Gasteiger partial charge in [-0.05, 0) is 25.0 Å². The van der Waals surface area contributed by atoms with Crippen molar-refractivity contribution in [3.63, 3.8) is 0 Å². The number of para-hydroxylation sites is 2. The second kappa shape index (κ2) is 3.35. The molecule has 1 fully saturated rings. The van der Waals surface area contributed by atoms with E-state index in [1.165, 1.54) is 18.4 Å². The van der Waals surface area contributed by atoms with E-state index in [1.54, 1.807) is 0 Å². The second-order valence-corrected chi connectivity index (χ2v) is 4.23. The maximum absolute atomic E-state index is 4.61. The molecule has 3 heteroatoms. The first-order chi connectivity index (χ1) is 7.34. The van der Waals surface area contributed by atoms with E-state index in [1.807, 2.05) is 6.07 Å². The standard InChI is InChI=1S/C12H15N3/c1-15-11-5-3-2-4-10(11)14-12(15)8-13-9-6-7-9/h2-5,9,13H,6-8H2,1H3. The molecule has 2 aromatic rings. The van der Waals surface area contributed by atoms with E-state index in [0.717, 1.165) is 23.9 Å². The van der Waals surface area contributed by atoms with Crippen LogP contribution < -0.4 is 5.32 Å². The highest BCUT2D eigenvalue weighted by Gasteiger charge is 2.20. The van der Waals surface area contributed by atoms with Gasteiger partial charge in [-0.1, -0.05) is 12.1 Å². The van der Waals surface area contributed by atoms with E-state index < -0.39 is 0 Å². The molecule has 78 valence electrons. The molecule has 1 aliphatic carbocycles. The summed E-state index contributed by atoms with van der Waals surface area (Å²) < 4.78 is 2.17. The van der Waals surface area contributed by atoms with Crippen LogP contribution in [-0.2, 0) is 13.6 Å². The molecule has 1 aromatic carbocycles. The molecule has 3 nitrogen and oxygen atoms in total. The smallest absolute Gasteiger partial charge is 0.123 e. The van der Waals surface area contributed by atoms with E-state index in [2.05, 4.69) is 40.1 Å². The Morgan fingerprint density at radius 3 is 2.93 bits per heavy atom. The van der Waals surface area contributed by atoms with Gasteiger partial charge in [-0.25, -0.2) is 4.98 Å². The highest BCUT2D eigenvalue weighted by Crippen LogP contribution is 2.20. The van der Waals surface area contributed by atoms with Crippen molar-refractivity contribution in [3.8, 4) is 0 Å². The molecule has 0 saturated heterocycles. The predicted octanol–water partition coefficient (Wildman–Crippen LogP) is 1.83. The highest BCUT2D eigenvalue weighted by atomic mass is 15.1. The van der Waals surface area contributed by atoms with Crippen LogP contribution in [0.15, 0.2) is 24.3 Å². The third kappa shape index (κ3) is 1.63. The minimum absolute atomic E-state index is 0.741. The Labute approximate surface area is 89.1 Å². The number of aromatic nitrogens is 2. The van der Waals surface area contributed by atoms with Gasteiger partial charge in [0, 0.05) is 13.1 Å². The zero-order valence-electron chi connectivity index (χ0n) is 8.90. The Kier molecular flexibility index (Phi) is 1.99. The lowest BCUT2D eigenvalue weighted by atomic mass is 10.3. The molecule has 1 heterocycles. The number of nitrogens with zero attached hydrogens (tertiary/aromatic N) is 2. The summed E-state index contributed by atoms with van der Waals surface area (Å²) in [6, 6.07) is 9.01. The van der Waals surface area contributed by atoms with Crippen LogP contribution in [0.2, 0.25) is 0 Å². The van der Waals surface area contributed by atoms with E-state index in [0.29, 0.717) is 0 Å². The van der Waals surface area contributed by atoms with Crippen molar-refractivity contribution in [3.05, 3.63) is 30.1 Å². The van der Waals surface area contributed by atoms with Gasteiger partial charge in [0.25, 0.3) is 0 Å². The lowest BCUT2D eigenvalue weighted by molar-refractivity contribution is 0.639. The van der Waals surface area contributed by atoms with Crippen LogP contribution in [0.4, 0.5) is 0 Å². The molecule has 3 rings (SSSR count). The first kappa shape index (κ1) is 8.92. The molecule has 15 heavy (non-hydrogen) atoms. The second-order valence-electron chi connectivity index (χ2n) is 4.23. The first-order valence-electron chi connectivity index (χ1n) is 5.48. The molecule has 0 atom stereocenters. The maximum atomic E-state index is 4.61. The van der Waals surface area contributed by atoms with E-state index in [4.69, 9.17) is 0 Å². The van der Waals surface area contributed by atoms with E-state index in [9.17, 15) is 0 Å². The van der Waals surface area contributed by atoms with Crippen molar-refractivity contribution in [2.24, 2.45) is 7.05 Å². The van der Waals surface area contributed by atoms with E-state index in [-0.39, 0.29) is 0 Å². The average molecular weight is 201 g/mol. The van der Waals surface area contributed by atoms with Gasteiger partial charge in [-0.2, -0.15) is 0 Å². The minimum Gasteiger partial charge on any atom is -0.330 e. The number of rotatable bonds is 3. The summed E-state index contributed by atoms with van der Waals surface area (Å²) in [6.07, 6.45) is 2.65. The van der Waals surface area contributed by atoms with E-state index >= 15 is 0 Å². The predicted molar refractivity (Wildman–Crippen MR) is 60.6 cm³/mol. The third-order valence-electron chi connectivity index (χ3n) is 3.01. The molecular weight excluding hydrogens is 186 g/mol. The van der Waals surface area contributed by atoms with Crippen molar-refractivity contribution < 1.29 is 0 Å². The fourth-order valence-electron chi connectivity index (χ4n) is 1.88. The van der Waals surface area contributed by atoms with Gasteiger partial charge in [-0.15, -0.1) is 0 Å².